The third-order valence-corrected chi connectivity index (χ3v) is 3.12. The van der Waals surface area contributed by atoms with Crippen molar-refractivity contribution in [2.75, 3.05) is 0 Å². The van der Waals surface area contributed by atoms with Crippen molar-refractivity contribution >= 4 is 10.3 Å². The van der Waals surface area contributed by atoms with Crippen LogP contribution in [0.1, 0.15) is 32.1 Å². The number of hydrogen-bond donors (Lipinski definition) is 2. The Morgan fingerprint density at radius 2 is 1.65 bits per heavy atom. The summed E-state index contributed by atoms with van der Waals surface area (Å²) < 4.78 is 31.3. The second kappa shape index (κ2) is 7.37. The maximum atomic E-state index is 10.3. The van der Waals surface area contributed by atoms with E-state index in [9.17, 15) is 8.42 Å². The van der Waals surface area contributed by atoms with Crippen LogP contribution < -0.4 is 4.72 Å². The van der Waals surface area contributed by atoms with E-state index in [1.54, 1.807) is 12.4 Å². The Bertz CT molecular complexity index is 362. The highest BCUT2D eigenvalue weighted by atomic mass is 32.2. The standard InChI is InChI=1S/C6H13NO3S.C5H5N/c8-11(9,10)7-6-4-2-1-3-5-6;1-2-4-6-5-3-1/h6-7H,1-5H2,(H,8,9,10);1-5H. The fraction of sp³-hybridized carbons (Fsp3) is 0.545. The lowest BCUT2D eigenvalue weighted by Gasteiger charge is -2.20. The molecule has 1 fully saturated rings. The van der Waals surface area contributed by atoms with E-state index in [2.05, 4.69) is 9.71 Å². The van der Waals surface area contributed by atoms with Crippen molar-refractivity contribution in [3.63, 3.8) is 0 Å². The first-order valence-corrected chi connectivity index (χ1v) is 7.11. The SMILES string of the molecule is O=S(=O)(O)NC1CCCCC1.c1ccncc1. The zero-order valence-corrected chi connectivity index (χ0v) is 10.4. The van der Waals surface area contributed by atoms with E-state index in [0.29, 0.717) is 0 Å². The fourth-order valence-electron chi connectivity index (χ4n) is 1.74. The Labute approximate surface area is 102 Å². The fourth-order valence-corrected chi connectivity index (χ4v) is 2.40. The summed E-state index contributed by atoms with van der Waals surface area (Å²) in [7, 11) is -3.97. The molecule has 0 unspecified atom stereocenters. The lowest BCUT2D eigenvalue weighted by Crippen LogP contribution is -2.35. The van der Waals surface area contributed by atoms with Crippen molar-refractivity contribution in [2.45, 2.75) is 38.1 Å². The molecule has 1 aliphatic rings. The van der Waals surface area contributed by atoms with Crippen LogP contribution >= 0.6 is 0 Å². The summed E-state index contributed by atoms with van der Waals surface area (Å²) in [4.78, 5) is 3.78. The van der Waals surface area contributed by atoms with Crippen molar-refractivity contribution in [2.24, 2.45) is 0 Å². The smallest absolute Gasteiger partial charge is 0.273 e. The van der Waals surface area contributed by atoms with Gasteiger partial charge < -0.3 is 0 Å². The van der Waals surface area contributed by atoms with Crippen molar-refractivity contribution in [3.05, 3.63) is 30.6 Å². The lowest BCUT2D eigenvalue weighted by molar-refractivity contribution is 0.389. The zero-order valence-electron chi connectivity index (χ0n) is 9.62. The number of aromatic nitrogens is 1. The first kappa shape index (κ1) is 14.1. The van der Waals surface area contributed by atoms with Gasteiger partial charge in [-0.25, -0.2) is 0 Å². The maximum Gasteiger partial charge on any atom is 0.333 e. The summed E-state index contributed by atoms with van der Waals surface area (Å²) in [5, 5.41) is 0. The molecule has 0 bridgehead atoms. The van der Waals surface area contributed by atoms with Gasteiger partial charge in [0.2, 0.25) is 0 Å². The van der Waals surface area contributed by atoms with Crippen LogP contribution in [-0.4, -0.2) is 24.0 Å². The summed E-state index contributed by atoms with van der Waals surface area (Å²) in [6, 6.07) is 5.67. The molecule has 17 heavy (non-hydrogen) atoms. The zero-order chi connectivity index (χ0) is 12.6. The third-order valence-electron chi connectivity index (χ3n) is 2.49. The van der Waals surface area contributed by atoms with Gasteiger partial charge in [-0.15, -0.1) is 0 Å². The highest BCUT2D eigenvalue weighted by molar-refractivity contribution is 7.83. The van der Waals surface area contributed by atoms with Crippen molar-refractivity contribution in [1.29, 1.82) is 0 Å². The van der Waals surface area contributed by atoms with Gasteiger partial charge in [0.05, 0.1) is 0 Å². The summed E-state index contributed by atoms with van der Waals surface area (Å²) in [5.41, 5.74) is 0. The number of nitrogens with one attached hydrogen (secondary N) is 1. The topological polar surface area (TPSA) is 79.3 Å². The normalized spacial score (nSPS) is 17.0. The predicted molar refractivity (Wildman–Crippen MR) is 65.8 cm³/mol. The van der Waals surface area contributed by atoms with Gasteiger partial charge in [-0.3, -0.25) is 9.54 Å². The van der Waals surface area contributed by atoms with Gasteiger partial charge in [-0.05, 0) is 25.0 Å². The van der Waals surface area contributed by atoms with Crippen LogP contribution in [-0.2, 0) is 10.3 Å². The Morgan fingerprint density at radius 3 is 2.00 bits per heavy atom. The van der Waals surface area contributed by atoms with E-state index in [-0.39, 0.29) is 6.04 Å². The largest absolute Gasteiger partial charge is 0.333 e. The maximum absolute atomic E-state index is 10.3. The highest BCUT2D eigenvalue weighted by Gasteiger charge is 2.17. The first-order valence-electron chi connectivity index (χ1n) is 5.67. The molecule has 0 aliphatic heterocycles. The lowest BCUT2D eigenvalue weighted by atomic mass is 9.96. The molecule has 1 heterocycles. The number of hydrogen-bond acceptors (Lipinski definition) is 3. The molecule has 1 aromatic rings. The van der Waals surface area contributed by atoms with E-state index in [0.717, 1.165) is 25.7 Å². The van der Waals surface area contributed by atoms with Crippen LogP contribution in [0.25, 0.3) is 0 Å². The summed E-state index contributed by atoms with van der Waals surface area (Å²) in [6.07, 6.45) is 8.46. The van der Waals surface area contributed by atoms with Gasteiger partial charge in [0, 0.05) is 18.4 Å². The summed E-state index contributed by atoms with van der Waals surface area (Å²) >= 11 is 0. The van der Waals surface area contributed by atoms with Crippen LogP contribution in [0.2, 0.25) is 0 Å². The molecule has 0 radical (unpaired) electrons. The summed E-state index contributed by atoms with van der Waals surface area (Å²) in [6.45, 7) is 0. The highest BCUT2D eigenvalue weighted by Crippen LogP contribution is 2.17. The van der Waals surface area contributed by atoms with Gasteiger partial charge >= 0.3 is 10.3 Å². The van der Waals surface area contributed by atoms with Gasteiger partial charge in [-0.1, -0.05) is 25.3 Å². The minimum Gasteiger partial charge on any atom is -0.273 e. The van der Waals surface area contributed by atoms with Crippen molar-refractivity contribution < 1.29 is 13.0 Å². The monoisotopic (exact) mass is 258 g/mol. The first-order chi connectivity index (χ1) is 8.08. The van der Waals surface area contributed by atoms with E-state index in [4.69, 9.17) is 4.55 Å². The van der Waals surface area contributed by atoms with Gasteiger partial charge in [-0.2, -0.15) is 13.1 Å². The molecule has 1 aromatic heterocycles. The minimum absolute atomic E-state index is 0.0428. The molecule has 0 atom stereocenters. The van der Waals surface area contributed by atoms with Gasteiger partial charge in [0.1, 0.15) is 0 Å². The molecule has 96 valence electrons. The Hall–Kier alpha value is -0.980. The van der Waals surface area contributed by atoms with Gasteiger partial charge in [0.15, 0.2) is 0 Å². The van der Waals surface area contributed by atoms with Crippen molar-refractivity contribution in [1.82, 2.24) is 9.71 Å². The molecule has 2 N–H and O–H groups in total. The summed E-state index contributed by atoms with van der Waals surface area (Å²) in [5.74, 6) is 0. The second-order valence-electron chi connectivity index (χ2n) is 3.95. The van der Waals surface area contributed by atoms with Crippen molar-refractivity contribution in [3.8, 4) is 0 Å². The molecule has 1 aliphatic carbocycles. The Kier molecular flexibility index (Phi) is 6.10. The van der Waals surface area contributed by atoms with E-state index in [1.807, 2.05) is 18.2 Å². The van der Waals surface area contributed by atoms with Crippen LogP contribution in [0.15, 0.2) is 30.6 Å². The minimum atomic E-state index is -3.97. The molecule has 5 nitrogen and oxygen atoms in total. The molecule has 2 rings (SSSR count). The average Bonchev–Trinajstić information content (AvgIpc) is 2.31. The Balaban J connectivity index is 0.000000202. The average molecular weight is 258 g/mol. The third kappa shape index (κ3) is 7.84. The quantitative estimate of drug-likeness (QED) is 0.793. The second-order valence-corrected chi connectivity index (χ2v) is 5.14. The van der Waals surface area contributed by atoms with Gasteiger partial charge in [0.25, 0.3) is 0 Å². The van der Waals surface area contributed by atoms with Crippen LogP contribution in [0.5, 0.6) is 0 Å². The number of rotatable bonds is 2. The van der Waals surface area contributed by atoms with E-state index < -0.39 is 10.3 Å². The number of nitrogens with zero attached hydrogens (tertiary/aromatic N) is 1. The molecular weight excluding hydrogens is 240 g/mol. The molecule has 6 heteroatoms. The predicted octanol–water partition coefficient (Wildman–Crippen LogP) is 1.79. The molecule has 0 spiro atoms. The molecular formula is C11H18N2O3S. The van der Waals surface area contributed by atoms with E-state index >= 15 is 0 Å². The number of pyridine rings is 1. The molecule has 0 amide bonds. The Morgan fingerprint density at radius 1 is 1.06 bits per heavy atom. The molecule has 0 aromatic carbocycles. The molecule has 1 saturated carbocycles. The van der Waals surface area contributed by atoms with E-state index in [1.165, 1.54) is 6.42 Å². The van der Waals surface area contributed by atoms with Crippen LogP contribution in [0, 0.1) is 0 Å². The van der Waals surface area contributed by atoms with Crippen LogP contribution in [0.3, 0.4) is 0 Å². The molecule has 0 saturated heterocycles. The van der Waals surface area contributed by atoms with Crippen LogP contribution in [0.4, 0.5) is 0 Å².